The highest BCUT2D eigenvalue weighted by atomic mass is 35.5. The van der Waals surface area contributed by atoms with E-state index in [1.165, 1.54) is 11.3 Å². The Morgan fingerprint density at radius 3 is 2.25 bits per heavy atom. The topological polar surface area (TPSA) is 48.4 Å². The molecule has 0 saturated heterocycles. The maximum atomic E-state index is 10.6. The molecule has 0 bridgehead atoms. The van der Waals surface area contributed by atoms with Crippen LogP contribution in [0.5, 0.6) is 11.5 Å². The molecule has 1 aromatic heterocycles. The maximum absolute atomic E-state index is 10.6. The number of hydrogen-bond donors (Lipinski definition) is 0. The van der Waals surface area contributed by atoms with Crippen molar-refractivity contribution in [2.75, 3.05) is 0 Å². The molecule has 6 heteroatoms. The third-order valence-electron chi connectivity index (χ3n) is 3.18. The number of thiazole rings is 1. The summed E-state index contributed by atoms with van der Waals surface area (Å²) in [6, 6.07) is 14.2. The molecule has 24 heavy (non-hydrogen) atoms. The van der Waals surface area contributed by atoms with E-state index in [4.69, 9.17) is 21.1 Å². The Kier molecular flexibility index (Phi) is 5.46. The van der Waals surface area contributed by atoms with Crippen LogP contribution in [0.4, 0.5) is 0 Å². The highest BCUT2D eigenvalue weighted by Crippen LogP contribution is 2.19. The Morgan fingerprint density at radius 1 is 0.958 bits per heavy atom. The molecular formula is C18H14ClNO3S. The Labute approximate surface area is 148 Å². The first-order chi connectivity index (χ1) is 11.7. The number of aldehydes is 1. The quantitative estimate of drug-likeness (QED) is 0.570. The second-order valence-electron chi connectivity index (χ2n) is 4.95. The average molecular weight is 360 g/mol. The summed E-state index contributed by atoms with van der Waals surface area (Å²) in [4.78, 5) is 15.1. The number of hydrogen-bond acceptors (Lipinski definition) is 5. The maximum Gasteiger partial charge on any atom is 0.150 e. The van der Waals surface area contributed by atoms with Crippen LogP contribution in [0.15, 0.2) is 53.9 Å². The number of ether oxygens (including phenoxy) is 2. The number of aromatic nitrogens is 1. The zero-order valence-corrected chi connectivity index (χ0v) is 14.2. The molecule has 0 amide bonds. The van der Waals surface area contributed by atoms with Crippen LogP contribution in [0.25, 0.3) is 0 Å². The average Bonchev–Trinajstić information content (AvgIpc) is 3.08. The van der Waals surface area contributed by atoms with Gasteiger partial charge in [0.05, 0.1) is 5.69 Å². The lowest BCUT2D eigenvalue weighted by Gasteiger charge is -2.04. The van der Waals surface area contributed by atoms with Crippen molar-refractivity contribution in [3.8, 4) is 11.5 Å². The summed E-state index contributed by atoms with van der Waals surface area (Å²) in [5.74, 6) is 1.45. The predicted molar refractivity (Wildman–Crippen MR) is 94.1 cm³/mol. The van der Waals surface area contributed by atoms with Crippen molar-refractivity contribution in [3.63, 3.8) is 0 Å². The van der Waals surface area contributed by atoms with Crippen molar-refractivity contribution in [1.29, 1.82) is 0 Å². The summed E-state index contributed by atoms with van der Waals surface area (Å²) in [5.41, 5.74) is 1.46. The van der Waals surface area contributed by atoms with Gasteiger partial charge in [0, 0.05) is 16.0 Å². The Hall–Kier alpha value is -2.37. The molecule has 2 aromatic carbocycles. The molecule has 0 aliphatic rings. The molecule has 0 fully saturated rings. The molecule has 4 nitrogen and oxygen atoms in total. The predicted octanol–water partition coefficient (Wildman–Crippen LogP) is 4.77. The minimum absolute atomic E-state index is 0.373. The van der Waals surface area contributed by atoms with E-state index < -0.39 is 0 Å². The van der Waals surface area contributed by atoms with Gasteiger partial charge in [-0.3, -0.25) is 4.79 Å². The Morgan fingerprint density at radius 2 is 1.58 bits per heavy atom. The van der Waals surface area contributed by atoms with Gasteiger partial charge in [-0.1, -0.05) is 11.6 Å². The largest absolute Gasteiger partial charge is 0.487 e. The molecule has 1 heterocycles. The fraction of sp³-hybridized carbons (Fsp3) is 0.111. The highest BCUT2D eigenvalue weighted by Gasteiger charge is 2.04. The number of halogens is 1. The van der Waals surface area contributed by atoms with Gasteiger partial charge in [-0.25, -0.2) is 4.98 Å². The second kappa shape index (κ2) is 7.95. The van der Waals surface area contributed by atoms with E-state index in [1.807, 2.05) is 17.5 Å². The zero-order valence-electron chi connectivity index (χ0n) is 12.6. The van der Waals surface area contributed by atoms with Gasteiger partial charge in [0.1, 0.15) is 36.0 Å². The minimum Gasteiger partial charge on any atom is -0.487 e. The van der Waals surface area contributed by atoms with E-state index in [1.54, 1.807) is 36.4 Å². The van der Waals surface area contributed by atoms with Crippen LogP contribution >= 0.6 is 22.9 Å². The summed E-state index contributed by atoms with van der Waals surface area (Å²) in [6.45, 7) is 0.776. The molecule has 0 spiro atoms. The highest BCUT2D eigenvalue weighted by molar-refractivity contribution is 7.09. The van der Waals surface area contributed by atoms with E-state index in [0.717, 1.165) is 22.7 Å². The summed E-state index contributed by atoms with van der Waals surface area (Å²) < 4.78 is 11.3. The van der Waals surface area contributed by atoms with Crippen LogP contribution in [-0.4, -0.2) is 11.3 Å². The smallest absolute Gasteiger partial charge is 0.150 e. The SMILES string of the molecule is O=Cc1ccc(OCc2csc(COc3ccc(Cl)cc3)n2)cc1. The first-order valence-electron chi connectivity index (χ1n) is 7.22. The van der Waals surface area contributed by atoms with Gasteiger partial charge in [0.25, 0.3) is 0 Å². The van der Waals surface area contributed by atoms with E-state index in [9.17, 15) is 4.79 Å². The van der Waals surface area contributed by atoms with Gasteiger partial charge in [-0.05, 0) is 48.5 Å². The van der Waals surface area contributed by atoms with Crippen LogP contribution in [0.1, 0.15) is 21.1 Å². The second-order valence-corrected chi connectivity index (χ2v) is 6.33. The first kappa shape index (κ1) is 16.5. The Bertz CT molecular complexity index is 800. The Balaban J connectivity index is 1.51. The van der Waals surface area contributed by atoms with Crippen LogP contribution in [0.2, 0.25) is 5.02 Å². The minimum atomic E-state index is 0.373. The van der Waals surface area contributed by atoms with Gasteiger partial charge in [0.2, 0.25) is 0 Å². The van der Waals surface area contributed by atoms with Gasteiger partial charge in [-0.15, -0.1) is 11.3 Å². The van der Waals surface area contributed by atoms with Crippen molar-refractivity contribution < 1.29 is 14.3 Å². The third kappa shape index (κ3) is 4.57. The van der Waals surface area contributed by atoms with E-state index in [0.29, 0.717) is 29.5 Å². The summed E-state index contributed by atoms with van der Waals surface area (Å²) in [6.07, 6.45) is 0.803. The molecule has 0 N–H and O–H groups in total. The van der Waals surface area contributed by atoms with E-state index >= 15 is 0 Å². The molecule has 0 unspecified atom stereocenters. The zero-order chi connectivity index (χ0) is 16.8. The number of carbonyl (C=O) groups is 1. The molecule has 3 rings (SSSR count). The summed E-state index contributed by atoms with van der Waals surface area (Å²) in [5, 5.41) is 3.50. The van der Waals surface area contributed by atoms with Gasteiger partial charge >= 0.3 is 0 Å². The molecular weight excluding hydrogens is 346 g/mol. The third-order valence-corrected chi connectivity index (χ3v) is 4.30. The monoisotopic (exact) mass is 359 g/mol. The number of benzene rings is 2. The molecule has 0 radical (unpaired) electrons. The molecule has 122 valence electrons. The van der Waals surface area contributed by atoms with Gasteiger partial charge in [-0.2, -0.15) is 0 Å². The number of carbonyl (C=O) groups excluding carboxylic acids is 1. The van der Waals surface area contributed by atoms with Crippen molar-refractivity contribution in [3.05, 3.63) is 75.2 Å². The molecule has 0 atom stereocenters. The van der Waals surface area contributed by atoms with Crippen molar-refractivity contribution in [2.24, 2.45) is 0 Å². The fourth-order valence-electron chi connectivity index (χ4n) is 1.96. The van der Waals surface area contributed by atoms with Gasteiger partial charge in [0.15, 0.2) is 0 Å². The standard InChI is InChI=1S/C18H14ClNO3S/c19-14-3-7-17(8-4-14)23-11-18-20-15(12-24-18)10-22-16-5-1-13(9-21)2-6-16/h1-9,12H,10-11H2. The fourth-order valence-corrected chi connectivity index (χ4v) is 2.77. The lowest BCUT2D eigenvalue weighted by Crippen LogP contribution is -1.98. The molecule has 0 saturated carbocycles. The first-order valence-corrected chi connectivity index (χ1v) is 8.48. The molecule has 3 aromatic rings. The summed E-state index contributed by atoms with van der Waals surface area (Å²) in [7, 11) is 0. The van der Waals surface area contributed by atoms with Gasteiger partial charge < -0.3 is 9.47 Å². The van der Waals surface area contributed by atoms with E-state index in [2.05, 4.69) is 4.98 Å². The van der Waals surface area contributed by atoms with Crippen LogP contribution < -0.4 is 9.47 Å². The normalized spacial score (nSPS) is 10.4. The van der Waals surface area contributed by atoms with Crippen molar-refractivity contribution in [2.45, 2.75) is 13.2 Å². The van der Waals surface area contributed by atoms with E-state index in [-0.39, 0.29) is 0 Å². The summed E-state index contributed by atoms with van der Waals surface area (Å²) >= 11 is 7.36. The number of nitrogens with zero attached hydrogens (tertiary/aromatic N) is 1. The van der Waals surface area contributed by atoms with Crippen molar-refractivity contribution in [1.82, 2.24) is 4.98 Å². The lowest BCUT2D eigenvalue weighted by molar-refractivity contribution is 0.112. The van der Waals surface area contributed by atoms with Crippen LogP contribution in [-0.2, 0) is 13.2 Å². The number of rotatable bonds is 7. The molecule has 0 aliphatic heterocycles. The van der Waals surface area contributed by atoms with Crippen LogP contribution in [0.3, 0.4) is 0 Å². The van der Waals surface area contributed by atoms with Crippen molar-refractivity contribution >= 4 is 29.2 Å². The lowest BCUT2D eigenvalue weighted by atomic mass is 10.2. The van der Waals surface area contributed by atoms with Crippen LogP contribution in [0, 0.1) is 0 Å². The molecule has 0 aliphatic carbocycles.